The summed E-state index contributed by atoms with van der Waals surface area (Å²) in [6.07, 6.45) is 3.08. The highest BCUT2D eigenvalue weighted by molar-refractivity contribution is 5.96. The molecule has 1 N–H and O–H groups in total. The Balaban J connectivity index is 1.68. The van der Waals surface area contributed by atoms with Crippen LogP contribution in [-0.4, -0.2) is 16.0 Å². The van der Waals surface area contributed by atoms with Crippen LogP contribution in [0.4, 0.5) is 0 Å². The number of rotatable bonds is 4. The van der Waals surface area contributed by atoms with E-state index in [0.29, 0.717) is 18.3 Å². The Labute approximate surface area is 135 Å². The molecule has 0 amide bonds. The molecule has 0 saturated heterocycles. The van der Waals surface area contributed by atoms with Crippen LogP contribution >= 0.6 is 0 Å². The number of fused-ring (bicyclic) bond motifs is 1. The van der Waals surface area contributed by atoms with Crippen molar-refractivity contribution in [1.29, 1.82) is 0 Å². The van der Waals surface area contributed by atoms with Crippen LogP contribution in [0, 0.1) is 5.92 Å². The first-order valence-electron chi connectivity index (χ1n) is 8.23. The Morgan fingerprint density at radius 2 is 2.04 bits per heavy atom. The van der Waals surface area contributed by atoms with Gasteiger partial charge < -0.3 is 0 Å². The van der Waals surface area contributed by atoms with Crippen molar-refractivity contribution in [3.63, 3.8) is 0 Å². The molecule has 120 valence electrons. The van der Waals surface area contributed by atoms with Crippen LogP contribution in [0.25, 0.3) is 0 Å². The van der Waals surface area contributed by atoms with E-state index in [4.69, 9.17) is 0 Å². The number of benzene rings is 1. The Kier molecular flexibility index (Phi) is 4.42. The minimum absolute atomic E-state index is 0.167. The Bertz CT molecular complexity index is 760. The van der Waals surface area contributed by atoms with Crippen molar-refractivity contribution in [2.24, 2.45) is 5.92 Å². The number of aromatic nitrogens is 2. The second-order valence-corrected chi connectivity index (χ2v) is 6.72. The molecule has 1 aromatic heterocycles. The molecule has 1 aliphatic rings. The molecular weight excluding hydrogens is 288 g/mol. The third-order valence-electron chi connectivity index (χ3n) is 4.65. The second kappa shape index (κ2) is 6.49. The summed E-state index contributed by atoms with van der Waals surface area (Å²) in [6, 6.07) is 9.56. The molecule has 1 atom stereocenters. The van der Waals surface area contributed by atoms with Gasteiger partial charge in [0.1, 0.15) is 0 Å². The third-order valence-corrected chi connectivity index (χ3v) is 4.65. The van der Waals surface area contributed by atoms with Crippen LogP contribution < -0.4 is 5.56 Å². The van der Waals surface area contributed by atoms with Crippen LogP contribution in [0.3, 0.4) is 0 Å². The fraction of sp³-hybridized carbons (Fsp3) is 0.421. The topological polar surface area (TPSA) is 62.8 Å². The fourth-order valence-corrected chi connectivity index (χ4v) is 3.22. The molecular formula is C19H22N2O2. The number of aryl methyl sites for hydroxylation is 1. The van der Waals surface area contributed by atoms with Gasteiger partial charge in [0, 0.05) is 18.1 Å². The zero-order valence-corrected chi connectivity index (χ0v) is 13.6. The molecule has 0 bridgehead atoms. The molecule has 4 heteroatoms. The number of Topliss-reactive ketones (excluding diaryl/α,β-unsaturated/α-hetero) is 1. The molecule has 1 aromatic carbocycles. The van der Waals surface area contributed by atoms with E-state index in [1.54, 1.807) is 6.07 Å². The lowest BCUT2D eigenvalue weighted by Crippen LogP contribution is -2.22. The van der Waals surface area contributed by atoms with Gasteiger partial charge in [-0.3, -0.25) is 9.59 Å². The van der Waals surface area contributed by atoms with Gasteiger partial charge in [0.15, 0.2) is 5.78 Å². The Morgan fingerprint density at radius 3 is 2.74 bits per heavy atom. The first-order chi connectivity index (χ1) is 11.0. The zero-order valence-electron chi connectivity index (χ0n) is 13.6. The first-order valence-corrected chi connectivity index (χ1v) is 8.23. The van der Waals surface area contributed by atoms with E-state index in [1.807, 2.05) is 24.3 Å². The maximum atomic E-state index is 12.5. The Morgan fingerprint density at radius 1 is 1.30 bits per heavy atom. The van der Waals surface area contributed by atoms with E-state index in [2.05, 4.69) is 24.0 Å². The van der Waals surface area contributed by atoms with Crippen molar-refractivity contribution in [2.75, 3.05) is 0 Å². The van der Waals surface area contributed by atoms with Gasteiger partial charge in [-0.1, -0.05) is 38.1 Å². The van der Waals surface area contributed by atoms with Gasteiger partial charge in [0.25, 0.3) is 5.56 Å². The van der Waals surface area contributed by atoms with Crippen LogP contribution in [-0.2, 0) is 12.8 Å². The smallest absolute Gasteiger partial charge is 0.264 e. The minimum atomic E-state index is -0.167. The average molecular weight is 310 g/mol. The summed E-state index contributed by atoms with van der Waals surface area (Å²) >= 11 is 0. The number of nitrogens with zero attached hydrogens (tertiary/aromatic N) is 1. The highest BCUT2D eigenvalue weighted by Crippen LogP contribution is 2.26. The van der Waals surface area contributed by atoms with Crippen LogP contribution in [0.2, 0.25) is 0 Å². The van der Waals surface area contributed by atoms with Crippen molar-refractivity contribution >= 4 is 5.78 Å². The van der Waals surface area contributed by atoms with Crippen LogP contribution in [0.5, 0.6) is 0 Å². The summed E-state index contributed by atoms with van der Waals surface area (Å²) in [5.41, 5.74) is 3.82. The largest absolute Gasteiger partial charge is 0.294 e. The second-order valence-electron chi connectivity index (χ2n) is 6.72. The van der Waals surface area contributed by atoms with Gasteiger partial charge in [-0.15, -0.1) is 0 Å². The monoisotopic (exact) mass is 310 g/mol. The SMILES string of the molecule is CC(C)c1ccc(C(=O)CC2CCc3n[nH]c(=O)cc3C2)cc1. The summed E-state index contributed by atoms with van der Waals surface area (Å²) in [5, 5.41) is 6.58. The number of hydrogen-bond acceptors (Lipinski definition) is 3. The lowest BCUT2D eigenvalue weighted by Gasteiger charge is -2.22. The highest BCUT2D eigenvalue weighted by Gasteiger charge is 2.23. The van der Waals surface area contributed by atoms with Crippen molar-refractivity contribution in [3.05, 3.63) is 63.1 Å². The molecule has 0 spiro atoms. The van der Waals surface area contributed by atoms with E-state index in [-0.39, 0.29) is 11.3 Å². The quantitative estimate of drug-likeness (QED) is 0.882. The van der Waals surface area contributed by atoms with Crippen LogP contribution in [0.1, 0.15) is 59.8 Å². The summed E-state index contributed by atoms with van der Waals surface area (Å²) in [6.45, 7) is 4.29. The summed E-state index contributed by atoms with van der Waals surface area (Å²) in [7, 11) is 0. The average Bonchev–Trinajstić information content (AvgIpc) is 2.54. The summed E-state index contributed by atoms with van der Waals surface area (Å²) < 4.78 is 0. The number of carbonyl (C=O) groups is 1. The van der Waals surface area contributed by atoms with Crippen molar-refractivity contribution < 1.29 is 4.79 Å². The predicted octanol–water partition coefficient (Wildman–Crippen LogP) is 3.27. The number of nitrogens with one attached hydrogen (secondary N) is 1. The predicted molar refractivity (Wildman–Crippen MR) is 89.9 cm³/mol. The van der Waals surface area contributed by atoms with E-state index in [0.717, 1.165) is 36.1 Å². The van der Waals surface area contributed by atoms with Gasteiger partial charge >= 0.3 is 0 Å². The number of aromatic amines is 1. The molecule has 1 aliphatic carbocycles. The molecule has 0 aliphatic heterocycles. The molecule has 1 unspecified atom stereocenters. The van der Waals surface area contributed by atoms with Crippen molar-refractivity contribution in [2.45, 2.75) is 45.4 Å². The molecule has 3 rings (SSSR count). The number of H-pyrrole nitrogens is 1. The van der Waals surface area contributed by atoms with Gasteiger partial charge in [0.2, 0.25) is 0 Å². The fourth-order valence-electron chi connectivity index (χ4n) is 3.22. The normalized spacial score (nSPS) is 17.1. The number of hydrogen-bond donors (Lipinski definition) is 1. The number of ketones is 1. The Hall–Kier alpha value is -2.23. The van der Waals surface area contributed by atoms with E-state index in [9.17, 15) is 9.59 Å². The van der Waals surface area contributed by atoms with Gasteiger partial charge in [-0.25, -0.2) is 5.10 Å². The van der Waals surface area contributed by atoms with Crippen molar-refractivity contribution in [1.82, 2.24) is 10.2 Å². The molecule has 4 nitrogen and oxygen atoms in total. The lowest BCUT2D eigenvalue weighted by atomic mass is 9.83. The van der Waals surface area contributed by atoms with Gasteiger partial charge in [-0.2, -0.15) is 5.10 Å². The first kappa shape index (κ1) is 15.7. The molecule has 0 saturated carbocycles. The van der Waals surface area contributed by atoms with Gasteiger partial charge in [-0.05, 0) is 42.2 Å². The number of carbonyl (C=O) groups excluding carboxylic acids is 1. The third kappa shape index (κ3) is 3.58. The standard InChI is InChI=1S/C19H22N2O2/c1-12(2)14-4-6-15(7-5-14)18(22)10-13-3-8-17-16(9-13)11-19(23)21-20-17/h4-7,11-13H,3,8-10H2,1-2H3,(H,21,23). The zero-order chi connectivity index (χ0) is 16.4. The molecule has 0 radical (unpaired) electrons. The molecule has 1 heterocycles. The van der Waals surface area contributed by atoms with Crippen LogP contribution in [0.15, 0.2) is 35.1 Å². The molecule has 2 aromatic rings. The van der Waals surface area contributed by atoms with E-state index < -0.39 is 0 Å². The van der Waals surface area contributed by atoms with Crippen molar-refractivity contribution in [3.8, 4) is 0 Å². The molecule has 0 fully saturated rings. The minimum Gasteiger partial charge on any atom is -0.294 e. The van der Waals surface area contributed by atoms with Gasteiger partial charge in [0.05, 0.1) is 5.69 Å². The summed E-state index contributed by atoms with van der Waals surface area (Å²) in [4.78, 5) is 23.9. The maximum absolute atomic E-state index is 12.5. The lowest BCUT2D eigenvalue weighted by molar-refractivity contribution is 0.0957. The van der Waals surface area contributed by atoms with E-state index >= 15 is 0 Å². The summed E-state index contributed by atoms with van der Waals surface area (Å²) in [5.74, 6) is 0.953. The molecule has 23 heavy (non-hydrogen) atoms. The maximum Gasteiger partial charge on any atom is 0.264 e. The van der Waals surface area contributed by atoms with E-state index in [1.165, 1.54) is 5.56 Å². The highest BCUT2D eigenvalue weighted by atomic mass is 16.1.